The second-order valence-corrected chi connectivity index (χ2v) is 6.47. The van der Waals surface area contributed by atoms with Crippen LogP contribution in [0.2, 0.25) is 0 Å². The van der Waals surface area contributed by atoms with Crippen molar-refractivity contribution >= 4 is 15.8 Å². The van der Waals surface area contributed by atoms with Gasteiger partial charge in [-0.3, -0.25) is 4.79 Å². The molecule has 90 valence electrons. The number of carbonyl (C=O) groups excluding carboxylic acids is 1. The number of carbonyl (C=O) groups is 1. The highest BCUT2D eigenvalue weighted by Gasteiger charge is 2.23. The monoisotopic (exact) mass is 236 g/mol. The Morgan fingerprint density at radius 1 is 1.27 bits per heavy atom. The van der Waals surface area contributed by atoms with Crippen LogP contribution in [0.5, 0.6) is 0 Å². The van der Waals surface area contributed by atoms with E-state index in [9.17, 15) is 13.2 Å². The van der Waals surface area contributed by atoms with E-state index in [1.54, 1.807) is 6.92 Å². The standard InChI is InChI=1S/C10H20O4S/c1-8(2)9(3)15(12,13)7-5-6-10(11)14-4/h8-9H,5-7H2,1-4H3. The van der Waals surface area contributed by atoms with E-state index >= 15 is 0 Å². The van der Waals surface area contributed by atoms with Crippen molar-refractivity contribution in [3.8, 4) is 0 Å². The van der Waals surface area contributed by atoms with Gasteiger partial charge in [0.25, 0.3) is 0 Å². The van der Waals surface area contributed by atoms with E-state index in [1.807, 2.05) is 13.8 Å². The average molecular weight is 236 g/mol. The molecule has 0 fully saturated rings. The summed E-state index contributed by atoms with van der Waals surface area (Å²) in [5, 5.41) is -0.352. The Kier molecular flexibility index (Phi) is 5.87. The van der Waals surface area contributed by atoms with Gasteiger partial charge in [0.1, 0.15) is 0 Å². The fourth-order valence-corrected chi connectivity index (χ4v) is 2.87. The Balaban J connectivity index is 4.11. The lowest BCUT2D eigenvalue weighted by atomic mass is 10.2. The smallest absolute Gasteiger partial charge is 0.305 e. The molecule has 0 radical (unpaired) electrons. The lowest BCUT2D eigenvalue weighted by Crippen LogP contribution is -2.26. The first-order chi connectivity index (χ1) is 6.81. The minimum absolute atomic E-state index is 0.0570. The number of methoxy groups -OCH3 is 1. The summed E-state index contributed by atoms with van der Waals surface area (Å²) in [6.45, 7) is 5.46. The van der Waals surface area contributed by atoms with Crippen LogP contribution in [0.25, 0.3) is 0 Å². The zero-order chi connectivity index (χ0) is 12.1. The van der Waals surface area contributed by atoms with E-state index < -0.39 is 9.84 Å². The minimum Gasteiger partial charge on any atom is -0.469 e. The fourth-order valence-electron chi connectivity index (χ4n) is 1.12. The van der Waals surface area contributed by atoms with Crippen molar-refractivity contribution < 1.29 is 17.9 Å². The Hall–Kier alpha value is -0.580. The first kappa shape index (κ1) is 14.4. The van der Waals surface area contributed by atoms with Gasteiger partial charge in [0.2, 0.25) is 0 Å². The molecular weight excluding hydrogens is 216 g/mol. The molecule has 0 saturated heterocycles. The summed E-state index contributed by atoms with van der Waals surface area (Å²) in [5.74, 6) is -0.197. The molecule has 0 saturated carbocycles. The molecule has 0 aliphatic carbocycles. The van der Waals surface area contributed by atoms with E-state index in [2.05, 4.69) is 4.74 Å². The quantitative estimate of drug-likeness (QED) is 0.654. The molecule has 0 bridgehead atoms. The number of esters is 1. The molecule has 0 aliphatic rings. The van der Waals surface area contributed by atoms with Gasteiger partial charge in [0.05, 0.1) is 18.1 Å². The van der Waals surface area contributed by atoms with E-state index in [-0.39, 0.29) is 29.3 Å². The van der Waals surface area contributed by atoms with Gasteiger partial charge in [-0.05, 0) is 19.3 Å². The molecule has 4 nitrogen and oxygen atoms in total. The van der Waals surface area contributed by atoms with Gasteiger partial charge in [-0.15, -0.1) is 0 Å². The maximum atomic E-state index is 11.7. The summed E-state index contributed by atoms with van der Waals surface area (Å²) in [6, 6.07) is 0. The SMILES string of the molecule is COC(=O)CCCS(=O)(=O)C(C)C(C)C. The number of hydrogen-bond acceptors (Lipinski definition) is 4. The molecule has 1 unspecified atom stereocenters. The van der Waals surface area contributed by atoms with Crippen LogP contribution < -0.4 is 0 Å². The summed E-state index contributed by atoms with van der Waals surface area (Å²) in [4.78, 5) is 10.8. The third-order valence-electron chi connectivity index (χ3n) is 2.54. The molecule has 0 aromatic carbocycles. The molecule has 0 rings (SSSR count). The molecule has 0 aromatic heterocycles. The van der Waals surface area contributed by atoms with Crippen LogP contribution in [0.4, 0.5) is 0 Å². The minimum atomic E-state index is -3.07. The van der Waals surface area contributed by atoms with E-state index in [1.165, 1.54) is 7.11 Å². The van der Waals surface area contributed by atoms with Crippen molar-refractivity contribution in [1.82, 2.24) is 0 Å². The first-order valence-corrected chi connectivity index (χ1v) is 6.81. The molecule has 0 aliphatic heterocycles. The molecule has 1 atom stereocenters. The van der Waals surface area contributed by atoms with Gasteiger partial charge in [0, 0.05) is 6.42 Å². The van der Waals surface area contributed by atoms with Crippen molar-refractivity contribution in [3.05, 3.63) is 0 Å². The third-order valence-corrected chi connectivity index (χ3v) is 5.08. The van der Waals surface area contributed by atoms with Gasteiger partial charge in [-0.25, -0.2) is 8.42 Å². The van der Waals surface area contributed by atoms with Gasteiger partial charge in [-0.2, -0.15) is 0 Å². The molecule has 0 spiro atoms. The Morgan fingerprint density at radius 2 is 1.80 bits per heavy atom. The Morgan fingerprint density at radius 3 is 2.20 bits per heavy atom. The number of rotatable bonds is 6. The lowest BCUT2D eigenvalue weighted by molar-refractivity contribution is -0.140. The van der Waals surface area contributed by atoms with Crippen molar-refractivity contribution in [1.29, 1.82) is 0 Å². The summed E-state index contributed by atoms with van der Waals surface area (Å²) in [6.07, 6.45) is 0.507. The number of hydrogen-bond donors (Lipinski definition) is 0. The molecule has 0 heterocycles. The molecule has 0 N–H and O–H groups in total. The van der Waals surface area contributed by atoms with Crippen molar-refractivity contribution in [2.45, 2.75) is 38.9 Å². The topological polar surface area (TPSA) is 60.4 Å². The highest BCUT2D eigenvalue weighted by molar-refractivity contribution is 7.92. The molecule has 15 heavy (non-hydrogen) atoms. The van der Waals surface area contributed by atoms with Crippen LogP contribution in [0.3, 0.4) is 0 Å². The predicted molar refractivity (Wildman–Crippen MR) is 59.3 cm³/mol. The lowest BCUT2D eigenvalue weighted by Gasteiger charge is -2.15. The van der Waals surface area contributed by atoms with E-state index in [4.69, 9.17) is 0 Å². The highest BCUT2D eigenvalue weighted by atomic mass is 32.2. The molecular formula is C10H20O4S. The van der Waals surface area contributed by atoms with Crippen molar-refractivity contribution in [2.24, 2.45) is 5.92 Å². The normalized spacial score (nSPS) is 13.9. The number of ether oxygens (including phenoxy) is 1. The zero-order valence-electron chi connectivity index (χ0n) is 9.82. The van der Waals surface area contributed by atoms with Gasteiger partial charge < -0.3 is 4.74 Å². The van der Waals surface area contributed by atoms with Gasteiger partial charge >= 0.3 is 5.97 Å². The molecule has 0 amide bonds. The van der Waals surface area contributed by atoms with Gasteiger partial charge in [-0.1, -0.05) is 13.8 Å². The second-order valence-electron chi connectivity index (χ2n) is 4.00. The summed E-state index contributed by atoms with van der Waals surface area (Å²) in [7, 11) is -1.77. The van der Waals surface area contributed by atoms with Crippen LogP contribution in [-0.4, -0.2) is 32.5 Å². The van der Waals surface area contributed by atoms with Crippen LogP contribution in [0.1, 0.15) is 33.6 Å². The maximum Gasteiger partial charge on any atom is 0.305 e. The maximum absolute atomic E-state index is 11.7. The fraction of sp³-hybridized carbons (Fsp3) is 0.900. The highest BCUT2D eigenvalue weighted by Crippen LogP contribution is 2.13. The molecule has 0 aromatic rings. The van der Waals surface area contributed by atoms with Crippen molar-refractivity contribution in [3.63, 3.8) is 0 Å². The largest absolute Gasteiger partial charge is 0.469 e. The van der Waals surface area contributed by atoms with Crippen molar-refractivity contribution in [2.75, 3.05) is 12.9 Å². The van der Waals surface area contributed by atoms with E-state index in [0.717, 1.165) is 0 Å². The van der Waals surface area contributed by atoms with Gasteiger partial charge in [0.15, 0.2) is 9.84 Å². The van der Waals surface area contributed by atoms with Crippen LogP contribution in [0.15, 0.2) is 0 Å². The Bertz CT molecular complexity index is 293. The zero-order valence-corrected chi connectivity index (χ0v) is 10.6. The first-order valence-electron chi connectivity index (χ1n) is 5.09. The second kappa shape index (κ2) is 6.10. The Labute approximate surface area is 91.9 Å². The number of sulfone groups is 1. The summed E-state index contributed by atoms with van der Waals surface area (Å²) >= 11 is 0. The molecule has 5 heteroatoms. The van der Waals surface area contributed by atoms with Crippen LogP contribution in [0, 0.1) is 5.92 Å². The third kappa shape index (κ3) is 5.16. The van der Waals surface area contributed by atoms with Crippen LogP contribution >= 0.6 is 0 Å². The van der Waals surface area contributed by atoms with E-state index in [0.29, 0.717) is 6.42 Å². The predicted octanol–water partition coefficient (Wildman–Crippen LogP) is 1.40. The van der Waals surface area contributed by atoms with Crippen LogP contribution in [-0.2, 0) is 19.4 Å². The average Bonchev–Trinajstić information content (AvgIpc) is 2.15. The summed E-state index contributed by atoms with van der Waals surface area (Å²) < 4.78 is 27.8. The summed E-state index contributed by atoms with van der Waals surface area (Å²) in [5.41, 5.74) is 0.